The highest BCUT2D eigenvalue weighted by atomic mass is 16.5. The standard InChI is InChI=1S/C13H17NO5/c1-2-9(13(17)18)7-14-12(16)8-19-11-6-4-3-5-10(11)15/h3-6,9,15H,2,7-8H2,1H3,(H,14,16)(H,17,18). The number of hydrogen-bond donors (Lipinski definition) is 3. The largest absolute Gasteiger partial charge is 0.504 e. The molecule has 6 nitrogen and oxygen atoms in total. The third-order valence-corrected chi connectivity index (χ3v) is 2.61. The predicted octanol–water partition coefficient (Wildman–Crippen LogP) is 0.998. The number of aliphatic carboxylic acids is 1. The smallest absolute Gasteiger partial charge is 0.308 e. The van der Waals surface area contributed by atoms with E-state index in [-0.39, 0.29) is 24.7 Å². The molecule has 0 aliphatic heterocycles. The summed E-state index contributed by atoms with van der Waals surface area (Å²) in [6, 6.07) is 6.30. The number of carboxylic acids is 1. The van der Waals surface area contributed by atoms with Crippen molar-refractivity contribution in [1.29, 1.82) is 0 Å². The van der Waals surface area contributed by atoms with Gasteiger partial charge in [0, 0.05) is 6.54 Å². The third kappa shape index (κ3) is 4.87. The number of carbonyl (C=O) groups excluding carboxylic acids is 1. The number of benzene rings is 1. The molecule has 0 spiro atoms. The van der Waals surface area contributed by atoms with Crippen LogP contribution in [0.2, 0.25) is 0 Å². The number of hydrogen-bond acceptors (Lipinski definition) is 4. The first-order chi connectivity index (χ1) is 9.04. The van der Waals surface area contributed by atoms with Crippen LogP contribution in [0.5, 0.6) is 11.5 Å². The van der Waals surface area contributed by atoms with Gasteiger partial charge in [-0.1, -0.05) is 19.1 Å². The fourth-order valence-electron chi connectivity index (χ4n) is 1.42. The number of phenolic OH excluding ortho intramolecular Hbond substituents is 1. The van der Waals surface area contributed by atoms with Crippen LogP contribution >= 0.6 is 0 Å². The second-order valence-electron chi connectivity index (χ2n) is 4.00. The third-order valence-electron chi connectivity index (χ3n) is 2.61. The van der Waals surface area contributed by atoms with E-state index in [9.17, 15) is 14.7 Å². The average Bonchev–Trinajstić information content (AvgIpc) is 2.38. The van der Waals surface area contributed by atoms with Gasteiger partial charge in [0.1, 0.15) is 0 Å². The zero-order valence-electron chi connectivity index (χ0n) is 10.6. The second kappa shape index (κ2) is 7.25. The molecule has 0 saturated carbocycles. The Morgan fingerprint density at radius 1 is 1.37 bits per heavy atom. The van der Waals surface area contributed by atoms with Crippen LogP contribution in [0.4, 0.5) is 0 Å². The van der Waals surface area contributed by atoms with Crippen molar-refractivity contribution in [2.45, 2.75) is 13.3 Å². The van der Waals surface area contributed by atoms with Gasteiger partial charge >= 0.3 is 5.97 Å². The van der Waals surface area contributed by atoms with Crippen molar-refractivity contribution >= 4 is 11.9 Å². The summed E-state index contributed by atoms with van der Waals surface area (Å²) >= 11 is 0. The molecule has 0 aromatic heterocycles. The Morgan fingerprint density at radius 3 is 2.63 bits per heavy atom. The number of carbonyl (C=O) groups is 2. The molecule has 1 atom stereocenters. The van der Waals surface area contributed by atoms with Crippen LogP contribution in [0.3, 0.4) is 0 Å². The molecule has 0 heterocycles. The highest BCUT2D eigenvalue weighted by Gasteiger charge is 2.16. The van der Waals surface area contributed by atoms with Crippen molar-refractivity contribution in [3.63, 3.8) is 0 Å². The van der Waals surface area contributed by atoms with Gasteiger partial charge in [0.15, 0.2) is 18.1 Å². The van der Waals surface area contributed by atoms with Crippen molar-refractivity contribution in [3.8, 4) is 11.5 Å². The number of phenols is 1. The van der Waals surface area contributed by atoms with Crippen molar-refractivity contribution in [3.05, 3.63) is 24.3 Å². The maximum atomic E-state index is 11.5. The number of para-hydroxylation sites is 2. The SMILES string of the molecule is CCC(CNC(=O)COc1ccccc1O)C(=O)O. The molecule has 0 saturated heterocycles. The van der Waals surface area contributed by atoms with Gasteiger partial charge in [-0.05, 0) is 18.6 Å². The van der Waals surface area contributed by atoms with E-state index in [1.54, 1.807) is 19.1 Å². The molecule has 1 aromatic carbocycles. The highest BCUT2D eigenvalue weighted by molar-refractivity contribution is 5.78. The fourth-order valence-corrected chi connectivity index (χ4v) is 1.42. The molecular formula is C13H17NO5. The molecule has 1 rings (SSSR count). The van der Waals surface area contributed by atoms with E-state index in [2.05, 4.69) is 5.32 Å². The lowest BCUT2D eigenvalue weighted by Crippen LogP contribution is -2.35. The molecule has 3 N–H and O–H groups in total. The zero-order chi connectivity index (χ0) is 14.3. The van der Waals surface area contributed by atoms with Crippen LogP contribution in [0.1, 0.15) is 13.3 Å². The first kappa shape index (κ1) is 14.8. The van der Waals surface area contributed by atoms with E-state index >= 15 is 0 Å². The molecule has 0 aliphatic rings. The summed E-state index contributed by atoms with van der Waals surface area (Å²) in [5.41, 5.74) is 0. The van der Waals surface area contributed by atoms with Crippen LogP contribution in [-0.4, -0.2) is 35.2 Å². The molecule has 1 amide bonds. The van der Waals surface area contributed by atoms with Gasteiger partial charge in [0.25, 0.3) is 5.91 Å². The minimum Gasteiger partial charge on any atom is -0.504 e. The molecule has 1 unspecified atom stereocenters. The van der Waals surface area contributed by atoms with Crippen LogP contribution in [0.25, 0.3) is 0 Å². The summed E-state index contributed by atoms with van der Waals surface area (Å²) < 4.78 is 5.12. The molecule has 0 aliphatic carbocycles. The Hall–Kier alpha value is -2.24. The summed E-state index contributed by atoms with van der Waals surface area (Å²) in [6.45, 7) is 1.53. The van der Waals surface area contributed by atoms with Gasteiger partial charge in [-0.25, -0.2) is 0 Å². The quantitative estimate of drug-likeness (QED) is 0.685. The van der Waals surface area contributed by atoms with Gasteiger partial charge in [-0.15, -0.1) is 0 Å². The van der Waals surface area contributed by atoms with Gasteiger partial charge < -0.3 is 20.3 Å². The monoisotopic (exact) mass is 267 g/mol. The Bertz CT molecular complexity index is 446. The molecule has 0 fully saturated rings. The van der Waals surface area contributed by atoms with Crippen LogP contribution in [0.15, 0.2) is 24.3 Å². The molecule has 1 aromatic rings. The number of nitrogens with one attached hydrogen (secondary N) is 1. The summed E-state index contributed by atoms with van der Waals surface area (Å²) in [7, 11) is 0. The Labute approximate surface area is 111 Å². The number of aromatic hydroxyl groups is 1. The van der Waals surface area contributed by atoms with Gasteiger partial charge in [0.05, 0.1) is 5.92 Å². The summed E-state index contributed by atoms with van der Waals surface area (Å²) in [5, 5.41) is 20.7. The normalized spacial score (nSPS) is 11.6. The second-order valence-corrected chi connectivity index (χ2v) is 4.00. The average molecular weight is 267 g/mol. The number of carboxylic acid groups (broad SMARTS) is 1. The zero-order valence-corrected chi connectivity index (χ0v) is 10.6. The number of ether oxygens (including phenoxy) is 1. The van der Waals surface area contributed by atoms with Crippen LogP contribution in [-0.2, 0) is 9.59 Å². The van der Waals surface area contributed by atoms with Crippen molar-refractivity contribution < 1.29 is 24.5 Å². The minimum absolute atomic E-state index is 0.0488. The maximum absolute atomic E-state index is 11.5. The van der Waals surface area contributed by atoms with Crippen molar-refractivity contribution in [2.24, 2.45) is 5.92 Å². The first-order valence-electron chi connectivity index (χ1n) is 5.94. The van der Waals surface area contributed by atoms with E-state index < -0.39 is 17.8 Å². The molecular weight excluding hydrogens is 250 g/mol. The van der Waals surface area contributed by atoms with E-state index in [1.807, 2.05) is 0 Å². The van der Waals surface area contributed by atoms with Crippen molar-refractivity contribution in [1.82, 2.24) is 5.32 Å². The number of rotatable bonds is 7. The van der Waals surface area contributed by atoms with E-state index in [1.165, 1.54) is 12.1 Å². The Morgan fingerprint density at radius 2 is 2.05 bits per heavy atom. The van der Waals surface area contributed by atoms with E-state index in [4.69, 9.17) is 9.84 Å². The van der Waals surface area contributed by atoms with Gasteiger partial charge in [-0.3, -0.25) is 9.59 Å². The highest BCUT2D eigenvalue weighted by Crippen LogP contribution is 2.23. The molecule has 6 heteroatoms. The summed E-state index contributed by atoms with van der Waals surface area (Å²) in [4.78, 5) is 22.2. The fraction of sp³-hybridized carbons (Fsp3) is 0.385. The predicted molar refractivity (Wildman–Crippen MR) is 68.0 cm³/mol. The summed E-state index contributed by atoms with van der Waals surface area (Å²) in [6.07, 6.45) is 0.440. The lowest BCUT2D eigenvalue weighted by atomic mass is 10.1. The van der Waals surface area contributed by atoms with Crippen LogP contribution < -0.4 is 10.1 Å². The minimum atomic E-state index is -0.940. The number of amides is 1. The van der Waals surface area contributed by atoms with E-state index in [0.717, 1.165) is 0 Å². The molecule has 19 heavy (non-hydrogen) atoms. The van der Waals surface area contributed by atoms with Crippen molar-refractivity contribution in [2.75, 3.05) is 13.2 Å². The lowest BCUT2D eigenvalue weighted by molar-refractivity contribution is -0.141. The van der Waals surface area contributed by atoms with Gasteiger partial charge in [-0.2, -0.15) is 0 Å². The molecule has 104 valence electrons. The Kier molecular flexibility index (Phi) is 5.66. The van der Waals surface area contributed by atoms with Crippen LogP contribution in [0, 0.1) is 5.92 Å². The topological polar surface area (TPSA) is 95.9 Å². The maximum Gasteiger partial charge on any atom is 0.308 e. The van der Waals surface area contributed by atoms with E-state index in [0.29, 0.717) is 6.42 Å². The van der Waals surface area contributed by atoms with Gasteiger partial charge in [0.2, 0.25) is 0 Å². The first-order valence-corrected chi connectivity index (χ1v) is 5.94. The Balaban J connectivity index is 2.36. The summed E-state index contributed by atoms with van der Waals surface area (Å²) in [5.74, 6) is -1.81. The lowest BCUT2D eigenvalue weighted by Gasteiger charge is -2.12. The molecule has 0 radical (unpaired) electrons. The molecule has 0 bridgehead atoms.